The molecule has 6 heteroatoms. The van der Waals surface area contributed by atoms with Crippen molar-refractivity contribution in [2.75, 3.05) is 0 Å². The highest BCUT2D eigenvalue weighted by Gasteiger charge is 2.24. The Labute approximate surface area is 134 Å². The standard InChI is InChI=1S/C18H9F4NO/c19-13-9-12(15(20)17(22)16(13)21)18(24)11-5-3-4-10(8-11)14-6-1-2-7-23-14/h1-9H. The minimum atomic E-state index is -2.01. The Morgan fingerprint density at radius 3 is 2.33 bits per heavy atom. The minimum absolute atomic E-state index is 0.00228. The van der Waals surface area contributed by atoms with E-state index in [0.717, 1.165) is 0 Å². The van der Waals surface area contributed by atoms with Gasteiger partial charge in [0.25, 0.3) is 0 Å². The van der Waals surface area contributed by atoms with Crippen molar-refractivity contribution in [2.24, 2.45) is 0 Å². The summed E-state index contributed by atoms with van der Waals surface area (Å²) in [6, 6.07) is 11.5. The van der Waals surface area contributed by atoms with Crippen LogP contribution in [-0.2, 0) is 0 Å². The zero-order valence-corrected chi connectivity index (χ0v) is 12.1. The summed E-state index contributed by atoms with van der Waals surface area (Å²) >= 11 is 0. The summed E-state index contributed by atoms with van der Waals surface area (Å²) in [5.41, 5.74) is 0.279. The second-order valence-electron chi connectivity index (χ2n) is 4.97. The fourth-order valence-electron chi connectivity index (χ4n) is 2.25. The van der Waals surface area contributed by atoms with Gasteiger partial charge in [-0.2, -0.15) is 0 Å². The Hall–Kier alpha value is -3.02. The molecule has 1 aromatic heterocycles. The number of aromatic nitrogens is 1. The van der Waals surface area contributed by atoms with E-state index in [4.69, 9.17) is 0 Å². The second kappa shape index (κ2) is 6.23. The van der Waals surface area contributed by atoms with Crippen LogP contribution >= 0.6 is 0 Å². The number of hydrogen-bond acceptors (Lipinski definition) is 2. The molecule has 1 heterocycles. The van der Waals surface area contributed by atoms with E-state index in [2.05, 4.69) is 4.98 Å². The SMILES string of the molecule is O=C(c1cccc(-c2ccccn2)c1)c1cc(F)c(F)c(F)c1F. The van der Waals surface area contributed by atoms with Gasteiger partial charge in [0.05, 0.1) is 11.3 Å². The molecule has 3 rings (SSSR count). The van der Waals surface area contributed by atoms with E-state index >= 15 is 0 Å². The molecule has 2 nitrogen and oxygen atoms in total. The third kappa shape index (κ3) is 2.78. The summed E-state index contributed by atoms with van der Waals surface area (Å²) in [5.74, 6) is -8.27. The Balaban J connectivity index is 2.06. The molecule has 3 aromatic rings. The van der Waals surface area contributed by atoms with Crippen LogP contribution in [0.15, 0.2) is 54.7 Å². The zero-order valence-electron chi connectivity index (χ0n) is 12.1. The van der Waals surface area contributed by atoms with Gasteiger partial charge in [0.15, 0.2) is 29.1 Å². The van der Waals surface area contributed by atoms with Gasteiger partial charge < -0.3 is 0 Å². The van der Waals surface area contributed by atoms with Gasteiger partial charge in [0.1, 0.15) is 0 Å². The first-order valence-corrected chi connectivity index (χ1v) is 6.88. The number of nitrogens with zero attached hydrogens (tertiary/aromatic N) is 1. The van der Waals surface area contributed by atoms with Crippen LogP contribution in [0.4, 0.5) is 17.6 Å². The van der Waals surface area contributed by atoms with E-state index in [9.17, 15) is 22.4 Å². The van der Waals surface area contributed by atoms with Gasteiger partial charge in [-0.25, -0.2) is 17.6 Å². The molecular weight excluding hydrogens is 322 g/mol. The van der Waals surface area contributed by atoms with Crippen LogP contribution in [0.25, 0.3) is 11.3 Å². The maximum Gasteiger partial charge on any atom is 0.198 e. The van der Waals surface area contributed by atoms with Crippen molar-refractivity contribution in [1.82, 2.24) is 4.98 Å². The minimum Gasteiger partial charge on any atom is -0.288 e. The highest BCUT2D eigenvalue weighted by Crippen LogP contribution is 2.23. The normalized spacial score (nSPS) is 10.7. The lowest BCUT2D eigenvalue weighted by Crippen LogP contribution is -2.09. The Bertz CT molecular complexity index is 926. The van der Waals surface area contributed by atoms with Crippen molar-refractivity contribution in [1.29, 1.82) is 0 Å². The largest absolute Gasteiger partial charge is 0.288 e. The van der Waals surface area contributed by atoms with Crippen molar-refractivity contribution in [3.8, 4) is 11.3 Å². The molecule has 0 saturated heterocycles. The fraction of sp³-hybridized carbons (Fsp3) is 0. The number of benzene rings is 2. The number of pyridine rings is 1. The molecule has 0 N–H and O–H groups in total. The van der Waals surface area contributed by atoms with E-state index in [1.54, 1.807) is 30.5 Å². The highest BCUT2D eigenvalue weighted by molar-refractivity contribution is 6.09. The lowest BCUT2D eigenvalue weighted by Gasteiger charge is -2.07. The molecule has 24 heavy (non-hydrogen) atoms. The van der Waals surface area contributed by atoms with E-state index in [1.165, 1.54) is 18.2 Å². The van der Waals surface area contributed by atoms with Crippen LogP contribution in [0.2, 0.25) is 0 Å². The van der Waals surface area contributed by atoms with Crippen LogP contribution < -0.4 is 0 Å². The average molecular weight is 331 g/mol. The summed E-state index contributed by atoms with van der Waals surface area (Å²) in [5, 5.41) is 0. The molecule has 0 amide bonds. The first-order chi connectivity index (χ1) is 11.5. The fourth-order valence-corrected chi connectivity index (χ4v) is 2.25. The molecule has 0 aliphatic rings. The second-order valence-corrected chi connectivity index (χ2v) is 4.97. The van der Waals surface area contributed by atoms with Crippen molar-refractivity contribution in [2.45, 2.75) is 0 Å². The molecule has 0 bridgehead atoms. The van der Waals surface area contributed by atoms with Gasteiger partial charge in [-0.15, -0.1) is 0 Å². The predicted molar refractivity (Wildman–Crippen MR) is 79.4 cm³/mol. The van der Waals surface area contributed by atoms with Crippen molar-refractivity contribution in [3.63, 3.8) is 0 Å². The molecule has 0 unspecified atom stereocenters. The maximum atomic E-state index is 13.8. The molecule has 0 aliphatic carbocycles. The lowest BCUT2D eigenvalue weighted by molar-refractivity contribution is 0.103. The summed E-state index contributed by atoms with van der Waals surface area (Å²) in [7, 11) is 0. The number of rotatable bonds is 3. The highest BCUT2D eigenvalue weighted by atomic mass is 19.2. The Kier molecular flexibility index (Phi) is 4.12. The average Bonchev–Trinajstić information content (AvgIpc) is 2.63. The van der Waals surface area contributed by atoms with Gasteiger partial charge in [0.2, 0.25) is 0 Å². The molecule has 0 aliphatic heterocycles. The van der Waals surface area contributed by atoms with Crippen LogP contribution in [0.5, 0.6) is 0 Å². The number of carbonyl (C=O) groups excluding carboxylic acids is 1. The maximum absolute atomic E-state index is 13.8. The van der Waals surface area contributed by atoms with Gasteiger partial charge in [-0.05, 0) is 24.3 Å². The Morgan fingerprint density at radius 2 is 1.62 bits per heavy atom. The van der Waals surface area contributed by atoms with E-state index in [-0.39, 0.29) is 5.56 Å². The summed E-state index contributed by atoms with van der Waals surface area (Å²) < 4.78 is 53.4. The number of halogens is 4. The van der Waals surface area contributed by atoms with Gasteiger partial charge in [-0.3, -0.25) is 9.78 Å². The quantitative estimate of drug-likeness (QED) is 0.305. The number of ketones is 1. The first-order valence-electron chi connectivity index (χ1n) is 6.88. The van der Waals surface area contributed by atoms with E-state index < -0.39 is 34.6 Å². The lowest BCUT2D eigenvalue weighted by atomic mass is 9.99. The number of carbonyl (C=O) groups is 1. The molecule has 0 saturated carbocycles. The van der Waals surface area contributed by atoms with Gasteiger partial charge in [-0.1, -0.05) is 24.3 Å². The third-order valence-electron chi connectivity index (χ3n) is 3.43. The smallest absolute Gasteiger partial charge is 0.198 e. The van der Waals surface area contributed by atoms with Crippen LogP contribution in [-0.4, -0.2) is 10.8 Å². The van der Waals surface area contributed by atoms with E-state index in [1.807, 2.05) is 0 Å². The van der Waals surface area contributed by atoms with Crippen LogP contribution in [0.3, 0.4) is 0 Å². The van der Waals surface area contributed by atoms with Crippen LogP contribution in [0.1, 0.15) is 15.9 Å². The van der Waals surface area contributed by atoms with Gasteiger partial charge in [0, 0.05) is 17.3 Å². The molecule has 0 spiro atoms. The third-order valence-corrected chi connectivity index (χ3v) is 3.43. The molecule has 120 valence electrons. The molecule has 2 aromatic carbocycles. The van der Waals surface area contributed by atoms with Crippen molar-refractivity contribution < 1.29 is 22.4 Å². The Morgan fingerprint density at radius 1 is 0.833 bits per heavy atom. The summed E-state index contributed by atoms with van der Waals surface area (Å²) in [6.07, 6.45) is 1.56. The molecular formula is C18H9F4NO. The number of hydrogen-bond donors (Lipinski definition) is 0. The topological polar surface area (TPSA) is 30.0 Å². The van der Waals surface area contributed by atoms with E-state index in [0.29, 0.717) is 17.3 Å². The molecule has 0 fully saturated rings. The summed E-state index contributed by atoms with van der Waals surface area (Å²) in [4.78, 5) is 16.5. The van der Waals surface area contributed by atoms with Crippen LogP contribution in [0, 0.1) is 23.3 Å². The molecule has 0 radical (unpaired) electrons. The summed E-state index contributed by atoms with van der Waals surface area (Å²) in [6.45, 7) is 0. The van der Waals surface area contributed by atoms with Gasteiger partial charge >= 0.3 is 0 Å². The van der Waals surface area contributed by atoms with Crippen molar-refractivity contribution in [3.05, 3.63) is 89.1 Å². The zero-order chi connectivity index (χ0) is 17.3. The first kappa shape index (κ1) is 15.9. The monoisotopic (exact) mass is 331 g/mol. The van der Waals surface area contributed by atoms with Crippen molar-refractivity contribution >= 4 is 5.78 Å². The predicted octanol–water partition coefficient (Wildman–Crippen LogP) is 4.54. The molecule has 0 atom stereocenters.